The number of likely N-dealkylation sites (tertiary alicyclic amines) is 1. The molecule has 5 heteroatoms. The molecule has 1 atom stereocenters. The number of likely N-dealkylation sites (N-methyl/N-ethyl adjacent to an activating group) is 1. The molecule has 0 bridgehead atoms. The molecule has 1 fully saturated rings. The minimum Gasteiger partial charge on any atom is -0.387 e. The van der Waals surface area contributed by atoms with Gasteiger partial charge in [0, 0.05) is 18.0 Å². The summed E-state index contributed by atoms with van der Waals surface area (Å²) < 4.78 is 0. The fraction of sp³-hybridized carbons (Fsp3) is 0.812. The van der Waals surface area contributed by atoms with Crippen LogP contribution in [0.2, 0.25) is 0 Å². The minimum atomic E-state index is -0.557. The molecule has 0 amide bonds. The summed E-state index contributed by atoms with van der Waals surface area (Å²) >= 11 is 1.90. The highest BCUT2D eigenvalue weighted by Gasteiger charge is 2.34. The van der Waals surface area contributed by atoms with Gasteiger partial charge in [0.2, 0.25) is 0 Å². The van der Waals surface area contributed by atoms with Crippen molar-refractivity contribution >= 4 is 11.3 Å². The molecule has 0 radical (unpaired) electrons. The van der Waals surface area contributed by atoms with E-state index in [1.165, 1.54) is 34.8 Å². The Balaban J connectivity index is 1.63. The van der Waals surface area contributed by atoms with Crippen molar-refractivity contribution in [2.45, 2.75) is 50.7 Å². The standard InChI is InChI=1S/C16H27N3OS/c1-18(2)11-16(20)8-5-9-19(12-16)10-15-17-13-6-3-4-7-14(13)21-15/h20H,3-12H2,1-2H3. The Bertz CT molecular complexity index is 464. The zero-order valence-electron chi connectivity index (χ0n) is 13.3. The minimum absolute atomic E-state index is 0.557. The van der Waals surface area contributed by atoms with Crippen LogP contribution in [0, 0.1) is 0 Å². The van der Waals surface area contributed by atoms with Gasteiger partial charge >= 0.3 is 0 Å². The smallest absolute Gasteiger partial charge is 0.107 e. The summed E-state index contributed by atoms with van der Waals surface area (Å²) in [6.07, 6.45) is 6.99. The molecule has 0 saturated carbocycles. The third-order valence-corrected chi connectivity index (χ3v) is 5.64. The number of hydrogen-bond donors (Lipinski definition) is 1. The molecule has 1 N–H and O–H groups in total. The van der Waals surface area contributed by atoms with Gasteiger partial charge in [-0.2, -0.15) is 0 Å². The van der Waals surface area contributed by atoms with Crippen molar-refractivity contribution in [3.63, 3.8) is 0 Å². The van der Waals surface area contributed by atoms with Gasteiger partial charge in [0.25, 0.3) is 0 Å². The highest BCUT2D eigenvalue weighted by molar-refractivity contribution is 7.11. The summed E-state index contributed by atoms with van der Waals surface area (Å²) in [5.41, 5.74) is 0.792. The Morgan fingerprint density at radius 3 is 2.86 bits per heavy atom. The molecule has 118 valence electrons. The van der Waals surface area contributed by atoms with Crippen molar-refractivity contribution in [3.8, 4) is 0 Å². The highest BCUT2D eigenvalue weighted by atomic mass is 32.1. The monoisotopic (exact) mass is 309 g/mol. The van der Waals surface area contributed by atoms with Gasteiger partial charge in [0.1, 0.15) is 5.01 Å². The van der Waals surface area contributed by atoms with Gasteiger partial charge in [0.05, 0.1) is 17.8 Å². The van der Waals surface area contributed by atoms with Crippen LogP contribution < -0.4 is 0 Å². The fourth-order valence-electron chi connectivity index (χ4n) is 3.72. The molecule has 1 unspecified atom stereocenters. The SMILES string of the molecule is CN(C)CC1(O)CCCN(Cc2nc3c(s2)CCCC3)C1. The number of aryl methyl sites for hydroxylation is 2. The molecule has 0 aromatic carbocycles. The van der Waals surface area contributed by atoms with E-state index >= 15 is 0 Å². The molecule has 1 aliphatic carbocycles. The number of thiazole rings is 1. The Labute approximate surface area is 131 Å². The quantitative estimate of drug-likeness (QED) is 0.922. The summed E-state index contributed by atoms with van der Waals surface area (Å²) in [6, 6.07) is 0. The van der Waals surface area contributed by atoms with Crippen LogP contribution in [0.15, 0.2) is 0 Å². The lowest BCUT2D eigenvalue weighted by atomic mass is 9.92. The van der Waals surface area contributed by atoms with Crippen LogP contribution in [0.3, 0.4) is 0 Å². The van der Waals surface area contributed by atoms with Gasteiger partial charge in [-0.1, -0.05) is 0 Å². The Morgan fingerprint density at radius 1 is 1.29 bits per heavy atom. The molecule has 2 aliphatic rings. The summed E-state index contributed by atoms with van der Waals surface area (Å²) in [5.74, 6) is 0. The maximum Gasteiger partial charge on any atom is 0.107 e. The van der Waals surface area contributed by atoms with E-state index in [0.29, 0.717) is 0 Å². The fourth-order valence-corrected chi connectivity index (χ4v) is 4.92. The Morgan fingerprint density at radius 2 is 2.10 bits per heavy atom. The second-order valence-corrected chi connectivity index (χ2v) is 8.13. The molecule has 3 rings (SSSR count). The first-order valence-corrected chi connectivity index (χ1v) is 8.93. The zero-order valence-corrected chi connectivity index (χ0v) is 14.1. The number of β-amino-alcohol motifs (C(OH)–C–C–N with tert-alkyl or cyclic N) is 1. The average molecular weight is 309 g/mol. The molecule has 1 aromatic rings. The summed E-state index contributed by atoms with van der Waals surface area (Å²) in [7, 11) is 4.07. The van der Waals surface area contributed by atoms with Crippen molar-refractivity contribution in [1.29, 1.82) is 0 Å². The van der Waals surface area contributed by atoms with E-state index in [9.17, 15) is 5.11 Å². The van der Waals surface area contributed by atoms with E-state index in [4.69, 9.17) is 4.98 Å². The van der Waals surface area contributed by atoms with E-state index < -0.39 is 5.60 Å². The third-order valence-electron chi connectivity index (χ3n) is 4.49. The van der Waals surface area contributed by atoms with Gasteiger partial charge in [-0.25, -0.2) is 4.98 Å². The van der Waals surface area contributed by atoms with Crippen LogP contribution in [0.5, 0.6) is 0 Å². The number of piperidine rings is 1. The number of aromatic nitrogens is 1. The Hall–Kier alpha value is -0.490. The first kappa shape index (κ1) is 15.4. The number of fused-ring (bicyclic) bond motifs is 1. The summed E-state index contributed by atoms with van der Waals surface area (Å²) in [5, 5.41) is 12.0. The predicted molar refractivity (Wildman–Crippen MR) is 86.8 cm³/mol. The lowest BCUT2D eigenvalue weighted by Crippen LogP contribution is -2.52. The summed E-state index contributed by atoms with van der Waals surface area (Å²) in [4.78, 5) is 10.8. The molecule has 2 heterocycles. The van der Waals surface area contributed by atoms with Gasteiger partial charge < -0.3 is 10.0 Å². The molecule has 1 aromatic heterocycles. The number of nitrogens with zero attached hydrogens (tertiary/aromatic N) is 3. The molecular formula is C16H27N3OS. The van der Waals surface area contributed by atoms with Crippen LogP contribution in [-0.4, -0.2) is 59.2 Å². The number of aliphatic hydroxyl groups is 1. The van der Waals surface area contributed by atoms with Gasteiger partial charge in [-0.05, 0) is 59.2 Å². The average Bonchev–Trinajstić information content (AvgIpc) is 2.79. The number of rotatable bonds is 4. The van der Waals surface area contributed by atoms with E-state index in [0.717, 1.165) is 45.4 Å². The lowest BCUT2D eigenvalue weighted by Gasteiger charge is -2.40. The van der Waals surface area contributed by atoms with Crippen LogP contribution >= 0.6 is 11.3 Å². The third kappa shape index (κ3) is 3.83. The molecule has 0 spiro atoms. The van der Waals surface area contributed by atoms with Crippen LogP contribution in [0.4, 0.5) is 0 Å². The lowest BCUT2D eigenvalue weighted by molar-refractivity contribution is -0.0480. The Kier molecular flexibility index (Phi) is 4.64. The first-order chi connectivity index (χ1) is 10.0. The van der Waals surface area contributed by atoms with E-state index in [-0.39, 0.29) is 0 Å². The number of hydrogen-bond acceptors (Lipinski definition) is 5. The van der Waals surface area contributed by atoms with Crippen molar-refractivity contribution in [2.24, 2.45) is 0 Å². The maximum absolute atomic E-state index is 10.8. The highest BCUT2D eigenvalue weighted by Crippen LogP contribution is 2.29. The van der Waals surface area contributed by atoms with Crippen molar-refractivity contribution in [2.75, 3.05) is 33.7 Å². The normalized spacial score (nSPS) is 27.0. The van der Waals surface area contributed by atoms with Crippen LogP contribution in [0.1, 0.15) is 41.3 Å². The molecule has 1 aliphatic heterocycles. The van der Waals surface area contributed by atoms with E-state index in [2.05, 4.69) is 9.80 Å². The van der Waals surface area contributed by atoms with E-state index in [1.807, 2.05) is 25.4 Å². The van der Waals surface area contributed by atoms with Crippen molar-refractivity contribution < 1.29 is 5.11 Å². The molecule has 4 nitrogen and oxygen atoms in total. The molecule has 1 saturated heterocycles. The van der Waals surface area contributed by atoms with Crippen LogP contribution in [0.25, 0.3) is 0 Å². The molecular weight excluding hydrogens is 282 g/mol. The zero-order chi connectivity index (χ0) is 14.9. The first-order valence-electron chi connectivity index (χ1n) is 8.11. The largest absolute Gasteiger partial charge is 0.387 e. The predicted octanol–water partition coefficient (Wildman–Crippen LogP) is 1.91. The van der Waals surface area contributed by atoms with Gasteiger partial charge in [0.15, 0.2) is 0 Å². The summed E-state index contributed by atoms with van der Waals surface area (Å²) in [6.45, 7) is 3.51. The topological polar surface area (TPSA) is 39.6 Å². The van der Waals surface area contributed by atoms with Gasteiger partial charge in [-0.3, -0.25) is 4.90 Å². The van der Waals surface area contributed by atoms with Gasteiger partial charge in [-0.15, -0.1) is 11.3 Å². The second kappa shape index (κ2) is 6.32. The van der Waals surface area contributed by atoms with Crippen molar-refractivity contribution in [3.05, 3.63) is 15.6 Å². The van der Waals surface area contributed by atoms with Crippen LogP contribution in [-0.2, 0) is 19.4 Å². The maximum atomic E-state index is 10.8. The van der Waals surface area contributed by atoms with Crippen molar-refractivity contribution in [1.82, 2.24) is 14.8 Å². The van der Waals surface area contributed by atoms with E-state index in [1.54, 1.807) is 0 Å². The molecule has 21 heavy (non-hydrogen) atoms. The second-order valence-electron chi connectivity index (χ2n) is 6.96.